The number of aryl methyl sites for hydroxylation is 1. The van der Waals surface area contributed by atoms with Crippen molar-refractivity contribution in [3.63, 3.8) is 0 Å². The molecule has 2 atom stereocenters. The third-order valence-electron chi connectivity index (χ3n) is 3.72. The lowest BCUT2D eigenvalue weighted by Crippen LogP contribution is -2.35. The SMILES string of the molecule is CCc1ccc([C@@H](C)N[C@H](C(N)=O)c2ccccc2)cc1. The zero-order chi connectivity index (χ0) is 15.2. The third kappa shape index (κ3) is 3.92. The maximum atomic E-state index is 11.7. The largest absolute Gasteiger partial charge is 0.368 e. The van der Waals surface area contributed by atoms with Gasteiger partial charge in [0.25, 0.3) is 0 Å². The van der Waals surface area contributed by atoms with Gasteiger partial charge in [-0.25, -0.2) is 0 Å². The number of hydrogen-bond acceptors (Lipinski definition) is 2. The Kier molecular flexibility index (Phi) is 5.12. The number of rotatable bonds is 6. The molecule has 2 aromatic rings. The van der Waals surface area contributed by atoms with E-state index in [0.29, 0.717) is 0 Å². The van der Waals surface area contributed by atoms with Crippen molar-refractivity contribution >= 4 is 5.91 Å². The zero-order valence-electron chi connectivity index (χ0n) is 12.5. The average molecular weight is 282 g/mol. The van der Waals surface area contributed by atoms with Crippen molar-refractivity contribution in [3.05, 3.63) is 71.3 Å². The van der Waals surface area contributed by atoms with E-state index in [-0.39, 0.29) is 11.9 Å². The maximum Gasteiger partial charge on any atom is 0.239 e. The number of nitrogens with one attached hydrogen (secondary N) is 1. The van der Waals surface area contributed by atoms with Crippen molar-refractivity contribution in [2.75, 3.05) is 0 Å². The summed E-state index contributed by atoms with van der Waals surface area (Å²) in [6, 6.07) is 17.6. The van der Waals surface area contributed by atoms with Gasteiger partial charge < -0.3 is 5.73 Å². The van der Waals surface area contributed by atoms with Crippen LogP contribution in [-0.2, 0) is 11.2 Å². The number of benzene rings is 2. The predicted octanol–water partition coefficient (Wildman–Crippen LogP) is 3.13. The van der Waals surface area contributed by atoms with Crippen LogP contribution in [0.3, 0.4) is 0 Å². The number of carbonyl (C=O) groups is 1. The summed E-state index contributed by atoms with van der Waals surface area (Å²) in [6.07, 6.45) is 1.02. The average Bonchev–Trinajstić information content (AvgIpc) is 2.53. The van der Waals surface area contributed by atoms with Crippen LogP contribution in [0.1, 0.15) is 42.6 Å². The molecule has 0 fully saturated rings. The summed E-state index contributed by atoms with van der Waals surface area (Å²) in [4.78, 5) is 11.7. The molecule has 0 spiro atoms. The Morgan fingerprint density at radius 1 is 1.05 bits per heavy atom. The molecule has 0 unspecified atom stereocenters. The lowest BCUT2D eigenvalue weighted by molar-refractivity contribution is -0.120. The van der Waals surface area contributed by atoms with Gasteiger partial charge in [0.1, 0.15) is 6.04 Å². The third-order valence-corrected chi connectivity index (χ3v) is 3.72. The first-order valence-corrected chi connectivity index (χ1v) is 7.31. The van der Waals surface area contributed by atoms with E-state index in [1.54, 1.807) is 0 Å². The molecule has 0 aliphatic carbocycles. The smallest absolute Gasteiger partial charge is 0.239 e. The lowest BCUT2D eigenvalue weighted by atomic mass is 10.0. The highest BCUT2D eigenvalue weighted by Gasteiger charge is 2.20. The van der Waals surface area contributed by atoms with E-state index in [9.17, 15) is 4.79 Å². The van der Waals surface area contributed by atoms with Crippen molar-refractivity contribution < 1.29 is 4.79 Å². The standard InChI is InChI=1S/C18H22N2O/c1-3-14-9-11-15(12-10-14)13(2)20-17(18(19)21)16-7-5-4-6-8-16/h4-13,17,20H,3H2,1-2H3,(H2,19,21)/t13-,17+/m1/s1. The van der Waals surface area contributed by atoms with Gasteiger partial charge in [0, 0.05) is 6.04 Å². The highest BCUT2D eigenvalue weighted by atomic mass is 16.1. The van der Waals surface area contributed by atoms with Crippen LogP contribution >= 0.6 is 0 Å². The Labute approximate surface area is 126 Å². The Bertz CT molecular complexity index is 578. The summed E-state index contributed by atoms with van der Waals surface area (Å²) in [6.45, 7) is 4.18. The second-order valence-electron chi connectivity index (χ2n) is 5.23. The van der Waals surface area contributed by atoms with Crippen molar-refractivity contribution in [3.8, 4) is 0 Å². The van der Waals surface area contributed by atoms with Crippen LogP contribution in [-0.4, -0.2) is 5.91 Å². The molecule has 3 heteroatoms. The molecule has 2 rings (SSSR count). The number of primary amides is 1. The fraction of sp³-hybridized carbons (Fsp3) is 0.278. The zero-order valence-corrected chi connectivity index (χ0v) is 12.5. The van der Waals surface area contributed by atoms with Crippen molar-refractivity contribution in [1.29, 1.82) is 0 Å². The van der Waals surface area contributed by atoms with Gasteiger partial charge in [-0.2, -0.15) is 0 Å². The fourth-order valence-electron chi connectivity index (χ4n) is 2.38. The van der Waals surface area contributed by atoms with Gasteiger partial charge in [0.05, 0.1) is 0 Å². The normalized spacial score (nSPS) is 13.6. The minimum atomic E-state index is -0.480. The quantitative estimate of drug-likeness (QED) is 0.855. The number of carbonyl (C=O) groups excluding carboxylic acids is 1. The highest BCUT2D eigenvalue weighted by Crippen LogP contribution is 2.20. The summed E-state index contributed by atoms with van der Waals surface area (Å²) in [5, 5.41) is 3.31. The number of amides is 1. The van der Waals surface area contributed by atoms with Crippen LogP contribution < -0.4 is 11.1 Å². The minimum Gasteiger partial charge on any atom is -0.368 e. The molecule has 110 valence electrons. The molecule has 0 bridgehead atoms. The van der Waals surface area contributed by atoms with Gasteiger partial charge in [-0.15, -0.1) is 0 Å². The van der Waals surface area contributed by atoms with E-state index in [0.717, 1.165) is 17.5 Å². The Morgan fingerprint density at radius 3 is 2.19 bits per heavy atom. The maximum absolute atomic E-state index is 11.7. The van der Waals surface area contributed by atoms with Crippen LogP contribution in [0, 0.1) is 0 Å². The molecular weight excluding hydrogens is 260 g/mol. The number of hydrogen-bond donors (Lipinski definition) is 2. The van der Waals surface area contributed by atoms with Gasteiger partial charge >= 0.3 is 0 Å². The molecule has 21 heavy (non-hydrogen) atoms. The summed E-state index contributed by atoms with van der Waals surface area (Å²) >= 11 is 0. The van der Waals surface area contributed by atoms with Crippen LogP contribution in [0.2, 0.25) is 0 Å². The first-order chi connectivity index (χ1) is 10.1. The van der Waals surface area contributed by atoms with E-state index in [1.807, 2.05) is 37.3 Å². The van der Waals surface area contributed by atoms with E-state index < -0.39 is 6.04 Å². The first-order valence-electron chi connectivity index (χ1n) is 7.31. The number of nitrogens with two attached hydrogens (primary N) is 1. The summed E-state index contributed by atoms with van der Waals surface area (Å²) in [7, 11) is 0. The van der Waals surface area contributed by atoms with Gasteiger partial charge in [-0.1, -0.05) is 61.5 Å². The second-order valence-corrected chi connectivity index (χ2v) is 5.23. The molecule has 0 aliphatic rings. The molecule has 0 aromatic heterocycles. The minimum absolute atomic E-state index is 0.0496. The summed E-state index contributed by atoms with van der Waals surface area (Å²) < 4.78 is 0. The molecule has 2 aromatic carbocycles. The molecule has 0 aliphatic heterocycles. The van der Waals surface area contributed by atoms with Crippen LogP contribution in [0.5, 0.6) is 0 Å². The van der Waals surface area contributed by atoms with E-state index in [1.165, 1.54) is 5.56 Å². The predicted molar refractivity (Wildman–Crippen MR) is 85.7 cm³/mol. The van der Waals surface area contributed by atoms with E-state index >= 15 is 0 Å². The van der Waals surface area contributed by atoms with Crippen LogP contribution in [0.25, 0.3) is 0 Å². The molecule has 1 amide bonds. The van der Waals surface area contributed by atoms with Crippen LogP contribution in [0.15, 0.2) is 54.6 Å². The Morgan fingerprint density at radius 2 is 1.67 bits per heavy atom. The van der Waals surface area contributed by atoms with Crippen molar-refractivity contribution in [2.24, 2.45) is 5.73 Å². The molecular formula is C18H22N2O. The monoisotopic (exact) mass is 282 g/mol. The van der Waals surface area contributed by atoms with Crippen LogP contribution in [0.4, 0.5) is 0 Å². The second kappa shape index (κ2) is 7.04. The topological polar surface area (TPSA) is 55.1 Å². The van der Waals surface area contributed by atoms with Gasteiger partial charge in [-0.3, -0.25) is 10.1 Å². The summed E-state index contributed by atoms with van der Waals surface area (Å²) in [5.41, 5.74) is 8.88. The molecule has 0 radical (unpaired) electrons. The van der Waals surface area contributed by atoms with Crippen molar-refractivity contribution in [1.82, 2.24) is 5.32 Å². The van der Waals surface area contributed by atoms with Gasteiger partial charge in [0.15, 0.2) is 0 Å². The van der Waals surface area contributed by atoms with Crippen molar-refractivity contribution in [2.45, 2.75) is 32.4 Å². The first kappa shape index (κ1) is 15.3. The Hall–Kier alpha value is -2.13. The molecule has 0 saturated carbocycles. The molecule has 3 nitrogen and oxygen atoms in total. The van der Waals surface area contributed by atoms with E-state index in [2.05, 4.69) is 36.5 Å². The van der Waals surface area contributed by atoms with Gasteiger partial charge in [-0.05, 0) is 30.0 Å². The molecule has 0 saturated heterocycles. The van der Waals surface area contributed by atoms with E-state index in [4.69, 9.17) is 5.73 Å². The summed E-state index contributed by atoms with van der Waals surface area (Å²) in [5.74, 6) is -0.363. The molecule has 3 N–H and O–H groups in total. The van der Waals surface area contributed by atoms with Gasteiger partial charge in [0.2, 0.25) is 5.91 Å². The molecule has 0 heterocycles. The fourth-order valence-corrected chi connectivity index (χ4v) is 2.38. The Balaban J connectivity index is 2.14. The lowest BCUT2D eigenvalue weighted by Gasteiger charge is -2.22. The highest BCUT2D eigenvalue weighted by molar-refractivity contribution is 5.81.